The summed E-state index contributed by atoms with van der Waals surface area (Å²) in [5.74, 6) is -4.08. The molecule has 17 heteroatoms. The zero-order chi connectivity index (χ0) is 33.0. The number of ether oxygens (including phenoxy) is 1. The Morgan fingerprint density at radius 3 is 2.41 bits per heavy atom. The Morgan fingerprint density at radius 2 is 1.72 bits per heavy atom. The van der Waals surface area contributed by atoms with Gasteiger partial charge in [-0.25, -0.2) is 18.5 Å². The summed E-state index contributed by atoms with van der Waals surface area (Å²) in [7, 11) is -3.91. The molecule has 0 spiro atoms. The number of halogens is 3. The highest BCUT2D eigenvalue weighted by Gasteiger charge is 2.57. The third-order valence-electron chi connectivity index (χ3n) is 7.33. The van der Waals surface area contributed by atoms with E-state index in [0.717, 1.165) is 35.2 Å². The van der Waals surface area contributed by atoms with E-state index in [9.17, 15) is 40.8 Å². The summed E-state index contributed by atoms with van der Waals surface area (Å²) in [6.45, 7) is -0.463. The van der Waals surface area contributed by atoms with Gasteiger partial charge in [-0.05, 0) is 54.1 Å². The predicted molar refractivity (Wildman–Crippen MR) is 162 cm³/mol. The molecule has 238 valence electrons. The second-order valence-electron chi connectivity index (χ2n) is 10.3. The lowest BCUT2D eigenvalue weighted by molar-refractivity contribution is -0.137. The number of amides is 3. The summed E-state index contributed by atoms with van der Waals surface area (Å²) in [6, 6.07) is 15.8. The van der Waals surface area contributed by atoms with E-state index < -0.39 is 73.7 Å². The number of thiazole rings is 1. The van der Waals surface area contributed by atoms with Crippen LogP contribution in [0.25, 0.3) is 0 Å². The fourth-order valence-electron chi connectivity index (χ4n) is 5.39. The van der Waals surface area contributed by atoms with Crippen molar-refractivity contribution in [3.8, 4) is 5.75 Å². The number of carbonyl (C=O) groups is 3. The molecule has 0 saturated carbocycles. The lowest BCUT2D eigenvalue weighted by Gasteiger charge is -2.30. The van der Waals surface area contributed by atoms with Crippen molar-refractivity contribution >= 4 is 62.2 Å². The van der Waals surface area contributed by atoms with Gasteiger partial charge < -0.3 is 15.0 Å². The topological polar surface area (TPSA) is 169 Å². The molecular formula is C29H21F3N4O7S3. The molecule has 4 N–H and O–H groups in total. The fourth-order valence-corrected chi connectivity index (χ4v) is 8.42. The normalized spacial score (nSPS) is 19.5. The molecule has 2 aliphatic heterocycles. The smallest absolute Gasteiger partial charge is 0.418 e. The number of nitrogens with two attached hydrogens (primary N) is 1. The monoisotopic (exact) mass is 690 g/mol. The number of aromatic amines is 1. The van der Waals surface area contributed by atoms with Crippen LogP contribution in [0.4, 0.5) is 24.5 Å². The number of sulfonamides is 1. The van der Waals surface area contributed by atoms with Crippen molar-refractivity contribution in [2.75, 3.05) is 16.8 Å². The van der Waals surface area contributed by atoms with E-state index in [1.807, 2.05) is 0 Å². The molecule has 3 atom stereocenters. The first-order valence-corrected chi connectivity index (χ1v) is 16.6. The number of imide groups is 1. The Morgan fingerprint density at radius 1 is 1.00 bits per heavy atom. The number of carbonyl (C=O) groups excluding carboxylic acids is 3. The fraction of sp³-hybridized carbons (Fsp3) is 0.172. The molecule has 0 radical (unpaired) electrons. The van der Waals surface area contributed by atoms with Crippen LogP contribution in [0.3, 0.4) is 0 Å². The van der Waals surface area contributed by atoms with Gasteiger partial charge in [-0.15, -0.1) is 0 Å². The molecule has 2 aliphatic rings. The highest BCUT2D eigenvalue weighted by atomic mass is 32.2. The predicted octanol–water partition coefficient (Wildman–Crippen LogP) is 3.92. The molecule has 0 aliphatic carbocycles. The van der Waals surface area contributed by atoms with E-state index in [-0.39, 0.29) is 16.3 Å². The van der Waals surface area contributed by atoms with Crippen molar-refractivity contribution in [1.29, 1.82) is 0 Å². The molecule has 46 heavy (non-hydrogen) atoms. The van der Waals surface area contributed by atoms with Gasteiger partial charge in [0.15, 0.2) is 6.61 Å². The number of alkyl halides is 3. The van der Waals surface area contributed by atoms with Crippen molar-refractivity contribution in [3.63, 3.8) is 0 Å². The minimum absolute atomic E-state index is 0.132. The SMILES string of the molecule is NS(=O)(=O)c1ccc(NC(=O)COc2cccc([C@@H]3c4sc(=O)[nH]c4S[C@H]4C(=O)N(c5ccccc5C(F)(F)F)C(=O)[C@@H]34)c2)cc1. The summed E-state index contributed by atoms with van der Waals surface area (Å²) in [5.41, 5.74) is -0.973. The third-order valence-corrected chi connectivity index (χ3v) is 10.7. The first-order chi connectivity index (χ1) is 21.7. The standard InChI is InChI=1S/C29H21F3N4O7S3/c30-29(31,32)18-6-1-2-7-19(18)36-26(38)22-21(23-25(35-28(40)45-23)44-24(22)27(36)39)14-4-3-5-16(12-14)43-13-20(37)34-15-8-10-17(11-9-15)46(33,41)42/h1-12,21-22,24H,13H2,(H,34,37)(H,35,40)(H2,33,41,42)/t21-,22-,24+/m0/s1. The average molecular weight is 691 g/mol. The molecule has 3 amide bonds. The van der Waals surface area contributed by atoms with Crippen molar-refractivity contribution in [3.05, 3.63) is 98.5 Å². The summed E-state index contributed by atoms with van der Waals surface area (Å²) in [6.07, 6.45) is -4.83. The molecule has 0 unspecified atom stereocenters. The number of hydrogen-bond acceptors (Lipinski definition) is 9. The van der Waals surface area contributed by atoms with Gasteiger partial charge in [0.2, 0.25) is 21.8 Å². The van der Waals surface area contributed by atoms with Gasteiger partial charge in [0.25, 0.3) is 5.91 Å². The number of nitrogens with one attached hydrogen (secondary N) is 2. The van der Waals surface area contributed by atoms with Crippen LogP contribution < -0.4 is 25.0 Å². The van der Waals surface area contributed by atoms with Gasteiger partial charge in [-0.2, -0.15) is 13.2 Å². The van der Waals surface area contributed by atoms with E-state index in [2.05, 4.69) is 10.3 Å². The second kappa shape index (κ2) is 11.7. The number of fused-ring (bicyclic) bond motifs is 2. The molecule has 1 fully saturated rings. The number of nitrogens with zero attached hydrogens (tertiary/aromatic N) is 1. The van der Waals surface area contributed by atoms with Gasteiger partial charge in [-0.3, -0.25) is 19.2 Å². The van der Waals surface area contributed by atoms with Crippen molar-refractivity contribution in [2.45, 2.75) is 27.3 Å². The first kappa shape index (κ1) is 31.5. The maximum Gasteiger partial charge on any atom is 0.418 e. The van der Waals surface area contributed by atoms with Crippen molar-refractivity contribution < 1.29 is 40.7 Å². The first-order valence-electron chi connectivity index (χ1n) is 13.3. The van der Waals surface area contributed by atoms with Crippen LogP contribution in [0.5, 0.6) is 5.75 Å². The van der Waals surface area contributed by atoms with Crippen molar-refractivity contribution in [2.24, 2.45) is 11.1 Å². The molecule has 6 rings (SSSR count). The largest absolute Gasteiger partial charge is 0.484 e. The van der Waals surface area contributed by atoms with Crippen LogP contribution in [0.1, 0.15) is 21.9 Å². The molecule has 4 aromatic rings. The Labute approximate surface area is 266 Å². The highest BCUT2D eigenvalue weighted by molar-refractivity contribution is 8.00. The Hall–Kier alpha value is -4.45. The minimum atomic E-state index is -4.83. The van der Waals surface area contributed by atoms with Crippen molar-refractivity contribution in [1.82, 2.24) is 4.98 Å². The molecule has 3 heterocycles. The second-order valence-corrected chi connectivity index (χ2v) is 14.0. The number of primary sulfonamides is 1. The Kier molecular flexibility index (Phi) is 8.04. The third kappa shape index (κ3) is 5.93. The van der Waals surface area contributed by atoms with E-state index in [0.29, 0.717) is 20.4 Å². The number of anilines is 2. The zero-order valence-corrected chi connectivity index (χ0v) is 25.6. The molecule has 3 aromatic carbocycles. The van der Waals surface area contributed by atoms with Crippen LogP contribution >= 0.6 is 23.1 Å². The van der Waals surface area contributed by atoms with Crippen LogP contribution in [0, 0.1) is 5.92 Å². The number of H-pyrrole nitrogens is 1. The lowest BCUT2D eigenvalue weighted by Crippen LogP contribution is -2.33. The van der Waals surface area contributed by atoms with Crippen LogP contribution in [0.15, 0.2) is 87.5 Å². The zero-order valence-electron chi connectivity index (χ0n) is 23.1. The van der Waals surface area contributed by atoms with Gasteiger partial charge in [0.05, 0.1) is 27.1 Å². The number of benzene rings is 3. The highest BCUT2D eigenvalue weighted by Crippen LogP contribution is 2.54. The lowest BCUT2D eigenvalue weighted by atomic mass is 9.83. The maximum absolute atomic E-state index is 13.9. The van der Waals surface area contributed by atoms with Gasteiger partial charge in [0, 0.05) is 16.5 Å². The van der Waals surface area contributed by atoms with E-state index in [4.69, 9.17) is 9.88 Å². The number of aromatic nitrogens is 1. The number of rotatable bonds is 7. The van der Waals surface area contributed by atoms with Crippen LogP contribution in [0.2, 0.25) is 0 Å². The molecule has 0 bridgehead atoms. The summed E-state index contributed by atoms with van der Waals surface area (Å²) in [4.78, 5) is 55.5. The average Bonchev–Trinajstić information content (AvgIpc) is 3.49. The van der Waals surface area contributed by atoms with Crippen LogP contribution in [-0.2, 0) is 30.6 Å². The molecule has 1 aromatic heterocycles. The minimum Gasteiger partial charge on any atom is -0.484 e. The summed E-state index contributed by atoms with van der Waals surface area (Å²) < 4.78 is 70.1. The van der Waals surface area contributed by atoms with E-state index in [1.165, 1.54) is 42.5 Å². The van der Waals surface area contributed by atoms with Crippen LogP contribution in [-0.4, -0.2) is 43.0 Å². The van der Waals surface area contributed by atoms with Gasteiger partial charge >= 0.3 is 11.0 Å². The summed E-state index contributed by atoms with van der Waals surface area (Å²) in [5, 5.41) is 6.86. The molecule has 11 nitrogen and oxygen atoms in total. The van der Waals surface area contributed by atoms with E-state index in [1.54, 1.807) is 18.2 Å². The number of para-hydroxylation sites is 1. The Balaban J connectivity index is 1.27. The summed E-state index contributed by atoms with van der Waals surface area (Å²) >= 11 is 1.76. The van der Waals surface area contributed by atoms with Gasteiger partial charge in [-0.1, -0.05) is 47.4 Å². The number of hydrogen-bond donors (Lipinski definition) is 3. The van der Waals surface area contributed by atoms with Gasteiger partial charge in [0.1, 0.15) is 11.0 Å². The van der Waals surface area contributed by atoms with E-state index >= 15 is 0 Å². The quantitative estimate of drug-likeness (QED) is 0.245. The number of thioether (sulfide) groups is 1. The maximum atomic E-state index is 13.9. The molecular weight excluding hydrogens is 670 g/mol. The molecule has 1 saturated heterocycles. The Bertz CT molecular complexity index is 2050.